The zero-order valence-electron chi connectivity index (χ0n) is 24.2. The minimum Gasteiger partial charge on any atom is -0.466 e. The van der Waals surface area contributed by atoms with Crippen molar-refractivity contribution in [1.29, 1.82) is 0 Å². The molecule has 0 unspecified atom stereocenters. The van der Waals surface area contributed by atoms with Crippen LogP contribution < -0.4 is 5.32 Å². The number of amides is 1. The van der Waals surface area contributed by atoms with Gasteiger partial charge < -0.3 is 10.1 Å². The number of anilines is 1. The van der Waals surface area contributed by atoms with Crippen LogP contribution in [0.5, 0.6) is 0 Å². The molecule has 1 saturated heterocycles. The molecule has 9 nitrogen and oxygen atoms in total. The summed E-state index contributed by atoms with van der Waals surface area (Å²) in [6.45, 7) is 7.50. The number of esters is 1. The van der Waals surface area contributed by atoms with E-state index in [0.29, 0.717) is 25.0 Å². The first kappa shape index (κ1) is 29.9. The molecule has 2 aromatic heterocycles. The number of nitrogens with one attached hydrogen (secondary N) is 1. The van der Waals surface area contributed by atoms with Gasteiger partial charge in [-0.1, -0.05) is 19.1 Å². The Balaban J connectivity index is 1.21. The predicted octanol–water partition coefficient (Wildman–Crippen LogP) is 5.62. The van der Waals surface area contributed by atoms with Gasteiger partial charge in [-0.3, -0.25) is 14.5 Å². The van der Waals surface area contributed by atoms with E-state index in [9.17, 15) is 18.0 Å². The fourth-order valence-corrected chi connectivity index (χ4v) is 9.58. The molecule has 226 valence electrons. The number of benzene rings is 2. The zero-order valence-corrected chi connectivity index (χ0v) is 26.6. The van der Waals surface area contributed by atoms with Crippen LogP contribution in [0.4, 0.5) is 5.00 Å². The van der Waals surface area contributed by atoms with Gasteiger partial charge >= 0.3 is 5.97 Å². The maximum Gasteiger partial charge on any atom is 0.309 e. The number of para-hydroxylation sites is 1. The van der Waals surface area contributed by atoms with E-state index in [2.05, 4.69) is 23.2 Å². The molecule has 2 aliphatic heterocycles. The quantitative estimate of drug-likeness (QED) is 0.250. The Bertz CT molecular complexity index is 1720. The molecule has 2 aromatic carbocycles. The summed E-state index contributed by atoms with van der Waals surface area (Å²) in [5.41, 5.74) is 3.55. The molecule has 6 rings (SSSR count). The van der Waals surface area contributed by atoms with Gasteiger partial charge in [-0.2, -0.15) is 4.31 Å². The molecule has 0 radical (unpaired) electrons. The number of hydrogen-bond donors (Lipinski definition) is 1. The number of likely N-dealkylation sites (N-methyl/N-ethyl adjacent to an activating group) is 1. The van der Waals surface area contributed by atoms with Crippen molar-refractivity contribution in [2.24, 2.45) is 5.92 Å². The second kappa shape index (κ2) is 12.4. The summed E-state index contributed by atoms with van der Waals surface area (Å²) >= 11 is 3.22. The number of thiazole rings is 1. The van der Waals surface area contributed by atoms with Crippen molar-refractivity contribution < 1.29 is 22.7 Å². The Morgan fingerprint density at radius 1 is 1.02 bits per heavy atom. The lowest BCUT2D eigenvalue weighted by Gasteiger charge is -2.30. The minimum atomic E-state index is -3.75. The highest BCUT2D eigenvalue weighted by Crippen LogP contribution is 2.45. The highest BCUT2D eigenvalue weighted by molar-refractivity contribution is 7.89. The Morgan fingerprint density at radius 2 is 1.77 bits per heavy atom. The Hall–Kier alpha value is -3.16. The van der Waals surface area contributed by atoms with Crippen molar-refractivity contribution in [2.45, 2.75) is 44.6 Å². The molecular weight excluding hydrogens is 605 g/mol. The zero-order chi connectivity index (χ0) is 30.1. The lowest BCUT2D eigenvalue weighted by atomic mass is 9.98. The van der Waals surface area contributed by atoms with E-state index < -0.39 is 10.0 Å². The number of thiophene rings is 1. The van der Waals surface area contributed by atoms with Crippen LogP contribution >= 0.6 is 22.7 Å². The molecule has 1 fully saturated rings. The number of hydrogen-bond acceptors (Lipinski definition) is 9. The third kappa shape index (κ3) is 5.99. The molecule has 1 N–H and O–H groups in total. The number of nitrogens with zero attached hydrogens (tertiary/aromatic N) is 3. The normalized spacial score (nSPS) is 16.7. The van der Waals surface area contributed by atoms with Gasteiger partial charge in [0.15, 0.2) is 0 Å². The van der Waals surface area contributed by atoms with E-state index in [-0.39, 0.29) is 35.8 Å². The standard InChI is InChI=1S/C31H34N4O5S3/c1-3-34-16-15-23-26(19-34)42-30(27(23)29-32-24-7-5-6-8-25(24)41-29)33-28(36)20-9-11-22(12-10-20)43(38,39)35-17-13-21(14-18-35)31(37)40-4-2/h5-12,21H,3-4,13-19H2,1-2H3,(H,33,36). The fraction of sp³-hybridized carbons (Fsp3) is 0.387. The Morgan fingerprint density at radius 3 is 2.47 bits per heavy atom. The van der Waals surface area contributed by atoms with Crippen molar-refractivity contribution in [3.05, 3.63) is 64.5 Å². The second-order valence-corrected chi connectivity index (χ2v) is 14.8. The smallest absolute Gasteiger partial charge is 0.309 e. The van der Waals surface area contributed by atoms with E-state index in [1.165, 1.54) is 26.9 Å². The van der Waals surface area contributed by atoms with E-state index in [0.717, 1.165) is 51.8 Å². The molecule has 12 heteroatoms. The van der Waals surface area contributed by atoms with Gasteiger partial charge in [-0.15, -0.1) is 22.7 Å². The molecule has 0 saturated carbocycles. The highest BCUT2D eigenvalue weighted by atomic mass is 32.2. The number of rotatable bonds is 8. The lowest BCUT2D eigenvalue weighted by Crippen LogP contribution is -2.40. The van der Waals surface area contributed by atoms with Gasteiger partial charge in [0.2, 0.25) is 10.0 Å². The number of carbonyl (C=O) groups is 2. The van der Waals surface area contributed by atoms with Gasteiger partial charge in [0, 0.05) is 42.2 Å². The van der Waals surface area contributed by atoms with Gasteiger partial charge in [0.25, 0.3) is 5.91 Å². The van der Waals surface area contributed by atoms with Crippen LogP contribution in [-0.4, -0.2) is 67.3 Å². The van der Waals surface area contributed by atoms with Crippen molar-refractivity contribution in [3.8, 4) is 10.6 Å². The van der Waals surface area contributed by atoms with Crippen LogP contribution in [0, 0.1) is 5.92 Å². The van der Waals surface area contributed by atoms with Crippen molar-refractivity contribution in [1.82, 2.24) is 14.2 Å². The number of aromatic nitrogens is 1. The van der Waals surface area contributed by atoms with Crippen LogP contribution in [0.3, 0.4) is 0 Å². The maximum absolute atomic E-state index is 13.5. The predicted molar refractivity (Wildman–Crippen MR) is 170 cm³/mol. The first-order valence-electron chi connectivity index (χ1n) is 14.6. The molecule has 1 amide bonds. The Labute approximate surface area is 259 Å². The van der Waals surface area contributed by atoms with Crippen molar-refractivity contribution >= 4 is 59.8 Å². The first-order chi connectivity index (χ1) is 20.8. The summed E-state index contributed by atoms with van der Waals surface area (Å²) < 4.78 is 34.2. The monoisotopic (exact) mass is 638 g/mol. The number of fused-ring (bicyclic) bond motifs is 2. The van der Waals surface area contributed by atoms with Gasteiger partial charge in [-0.05, 0) is 74.7 Å². The summed E-state index contributed by atoms with van der Waals surface area (Å²) in [4.78, 5) is 34.2. The second-order valence-electron chi connectivity index (χ2n) is 10.7. The molecular formula is C31H34N4O5S3. The summed E-state index contributed by atoms with van der Waals surface area (Å²) in [5.74, 6) is -0.846. The van der Waals surface area contributed by atoms with E-state index >= 15 is 0 Å². The first-order valence-corrected chi connectivity index (χ1v) is 17.7. The molecule has 0 atom stereocenters. The van der Waals surface area contributed by atoms with Crippen LogP contribution in [0.2, 0.25) is 0 Å². The number of ether oxygens (including phenoxy) is 1. The molecule has 0 bridgehead atoms. The molecule has 2 aliphatic rings. The van der Waals surface area contributed by atoms with Gasteiger partial charge in [0.05, 0.1) is 27.6 Å². The summed E-state index contributed by atoms with van der Waals surface area (Å²) in [5, 5.41) is 4.80. The van der Waals surface area contributed by atoms with Crippen molar-refractivity contribution in [3.63, 3.8) is 0 Å². The van der Waals surface area contributed by atoms with Crippen molar-refractivity contribution in [2.75, 3.05) is 38.1 Å². The van der Waals surface area contributed by atoms with E-state index in [1.54, 1.807) is 41.7 Å². The number of piperidine rings is 1. The fourth-order valence-electron chi connectivity index (χ4n) is 5.71. The summed E-state index contributed by atoms with van der Waals surface area (Å²) in [6, 6.07) is 14.1. The number of carbonyl (C=O) groups excluding carboxylic acids is 2. The molecule has 4 heterocycles. The van der Waals surface area contributed by atoms with E-state index in [1.807, 2.05) is 18.2 Å². The number of sulfonamides is 1. The topological polar surface area (TPSA) is 109 Å². The molecule has 0 aliphatic carbocycles. The largest absolute Gasteiger partial charge is 0.466 e. The van der Waals surface area contributed by atoms with Gasteiger partial charge in [0.1, 0.15) is 10.0 Å². The minimum absolute atomic E-state index is 0.125. The molecule has 43 heavy (non-hydrogen) atoms. The van der Waals surface area contributed by atoms with Crippen LogP contribution in [0.25, 0.3) is 20.8 Å². The molecule has 4 aromatic rings. The van der Waals surface area contributed by atoms with E-state index in [4.69, 9.17) is 9.72 Å². The highest BCUT2D eigenvalue weighted by Gasteiger charge is 2.33. The van der Waals surface area contributed by atoms with Crippen LogP contribution in [0.15, 0.2) is 53.4 Å². The Kier molecular flexibility index (Phi) is 8.65. The summed E-state index contributed by atoms with van der Waals surface area (Å²) in [6.07, 6.45) is 1.75. The average Bonchev–Trinajstić information content (AvgIpc) is 3.61. The molecule has 0 spiro atoms. The average molecular weight is 639 g/mol. The third-order valence-electron chi connectivity index (χ3n) is 8.15. The SMILES string of the molecule is CCOC(=O)C1CCN(S(=O)(=O)c2ccc(C(=O)Nc3sc4c(c3-c3nc5ccccc5s3)CCN(CC)C4)cc2)CC1. The van der Waals surface area contributed by atoms with Gasteiger partial charge in [-0.25, -0.2) is 13.4 Å². The van der Waals surface area contributed by atoms with Crippen LogP contribution in [-0.2, 0) is 32.5 Å². The third-order valence-corrected chi connectivity index (χ3v) is 12.2. The maximum atomic E-state index is 13.5. The summed E-state index contributed by atoms with van der Waals surface area (Å²) in [7, 11) is -3.75. The van der Waals surface area contributed by atoms with Crippen LogP contribution in [0.1, 0.15) is 47.5 Å². The lowest BCUT2D eigenvalue weighted by molar-refractivity contribution is -0.149.